The molecule has 0 radical (unpaired) electrons. The molecule has 18 heavy (non-hydrogen) atoms. The van der Waals surface area contributed by atoms with Gasteiger partial charge >= 0.3 is 5.97 Å². The molecule has 0 amide bonds. The van der Waals surface area contributed by atoms with E-state index in [0.29, 0.717) is 0 Å². The Hall–Kier alpha value is -2.14. The summed E-state index contributed by atoms with van der Waals surface area (Å²) in [5, 5.41) is 8.98. The fourth-order valence-electron chi connectivity index (χ4n) is 1.98. The molecule has 0 saturated carbocycles. The van der Waals surface area contributed by atoms with Gasteiger partial charge < -0.3 is 5.11 Å². The minimum Gasteiger partial charge on any atom is -0.481 e. The lowest BCUT2D eigenvalue weighted by molar-refractivity contribution is -0.136. The van der Waals surface area contributed by atoms with Crippen LogP contribution in [0.1, 0.15) is 4.88 Å². The number of aromatic nitrogens is 2. The van der Waals surface area contributed by atoms with Crippen molar-refractivity contribution in [2.75, 3.05) is 0 Å². The number of carboxylic acid groups (broad SMARTS) is 1. The molecule has 0 aliphatic rings. The number of benzene rings is 1. The van der Waals surface area contributed by atoms with E-state index in [4.69, 9.17) is 5.11 Å². The molecule has 0 aliphatic carbocycles. The number of nitrogens with zero attached hydrogens (tertiary/aromatic N) is 2. The molecular weight excluding hydrogens is 248 g/mol. The van der Waals surface area contributed by atoms with E-state index in [0.717, 1.165) is 21.1 Å². The molecule has 0 bridgehead atoms. The van der Waals surface area contributed by atoms with E-state index >= 15 is 0 Å². The number of rotatable bonds is 3. The van der Waals surface area contributed by atoms with Gasteiger partial charge in [0.1, 0.15) is 0 Å². The highest BCUT2D eigenvalue weighted by molar-refractivity contribution is 7.17. The third kappa shape index (κ3) is 1.78. The first kappa shape index (κ1) is 11.0. The Kier molecular flexibility index (Phi) is 2.60. The molecule has 0 spiro atoms. The molecule has 1 aromatic carbocycles. The third-order valence-corrected chi connectivity index (χ3v) is 3.75. The highest BCUT2D eigenvalue weighted by atomic mass is 32.1. The maximum Gasteiger partial charge on any atom is 0.308 e. The Morgan fingerprint density at radius 2 is 2.11 bits per heavy atom. The van der Waals surface area contributed by atoms with Crippen LogP contribution in [0.15, 0.2) is 42.7 Å². The summed E-state index contributed by atoms with van der Waals surface area (Å²) in [6, 6.07) is 9.79. The topological polar surface area (TPSA) is 54.6 Å². The Morgan fingerprint density at radius 3 is 2.83 bits per heavy atom. The van der Waals surface area contributed by atoms with Gasteiger partial charge in [0.15, 0.2) is 4.96 Å². The zero-order valence-electron chi connectivity index (χ0n) is 9.41. The monoisotopic (exact) mass is 258 g/mol. The number of thiazole rings is 1. The zero-order valence-corrected chi connectivity index (χ0v) is 10.2. The molecule has 4 nitrogen and oxygen atoms in total. The second-order valence-corrected chi connectivity index (χ2v) is 4.95. The summed E-state index contributed by atoms with van der Waals surface area (Å²) in [6.07, 6.45) is 3.61. The van der Waals surface area contributed by atoms with Crippen LogP contribution in [0.2, 0.25) is 0 Å². The smallest absolute Gasteiger partial charge is 0.308 e. The van der Waals surface area contributed by atoms with Gasteiger partial charge in [-0.25, -0.2) is 4.98 Å². The minimum atomic E-state index is -0.823. The van der Waals surface area contributed by atoms with Crippen molar-refractivity contribution in [3.8, 4) is 11.3 Å². The zero-order chi connectivity index (χ0) is 12.5. The van der Waals surface area contributed by atoms with E-state index in [9.17, 15) is 4.79 Å². The van der Waals surface area contributed by atoms with Gasteiger partial charge in [0.05, 0.1) is 12.1 Å². The molecule has 1 N–H and O–H groups in total. The van der Waals surface area contributed by atoms with Crippen LogP contribution in [0.3, 0.4) is 0 Å². The van der Waals surface area contributed by atoms with Gasteiger partial charge in [0, 0.05) is 17.3 Å². The first-order valence-corrected chi connectivity index (χ1v) is 6.29. The average molecular weight is 258 g/mol. The predicted molar refractivity (Wildman–Crippen MR) is 69.8 cm³/mol. The third-order valence-electron chi connectivity index (χ3n) is 2.69. The molecule has 0 saturated heterocycles. The van der Waals surface area contributed by atoms with Crippen LogP contribution in [-0.4, -0.2) is 20.5 Å². The summed E-state index contributed by atoms with van der Waals surface area (Å²) in [5.74, 6) is -0.823. The predicted octanol–water partition coefficient (Wildman–Crippen LogP) is 2.69. The van der Waals surface area contributed by atoms with Crippen molar-refractivity contribution in [2.45, 2.75) is 6.42 Å². The van der Waals surface area contributed by atoms with Crippen LogP contribution < -0.4 is 0 Å². The second-order valence-electron chi connectivity index (χ2n) is 3.89. The number of aliphatic carboxylic acids is 1. The van der Waals surface area contributed by atoms with E-state index in [1.807, 2.05) is 40.9 Å². The van der Waals surface area contributed by atoms with Gasteiger partial charge in [0.25, 0.3) is 0 Å². The number of hydrogen-bond donors (Lipinski definition) is 1. The molecule has 3 rings (SSSR count). The SMILES string of the molecule is O=C(O)Cc1sc2nccn2c1-c1ccccc1. The molecular formula is C13H10N2O2S. The summed E-state index contributed by atoms with van der Waals surface area (Å²) in [7, 11) is 0. The number of imidazole rings is 1. The van der Waals surface area contributed by atoms with Crippen LogP contribution >= 0.6 is 11.3 Å². The van der Waals surface area contributed by atoms with Crippen molar-refractivity contribution in [3.05, 3.63) is 47.6 Å². The maximum atomic E-state index is 10.9. The number of carboxylic acids is 1. The van der Waals surface area contributed by atoms with Crippen LogP contribution in [0, 0.1) is 0 Å². The fourth-order valence-corrected chi connectivity index (χ4v) is 3.07. The first-order valence-electron chi connectivity index (χ1n) is 5.47. The summed E-state index contributed by atoms with van der Waals surface area (Å²) in [4.78, 5) is 16.8. The van der Waals surface area contributed by atoms with Crippen molar-refractivity contribution >= 4 is 22.3 Å². The summed E-state index contributed by atoms with van der Waals surface area (Å²) in [5.41, 5.74) is 1.94. The van der Waals surface area contributed by atoms with Crippen LogP contribution in [-0.2, 0) is 11.2 Å². The number of carbonyl (C=O) groups is 1. The van der Waals surface area contributed by atoms with Gasteiger partial charge in [-0.1, -0.05) is 30.3 Å². The van der Waals surface area contributed by atoms with Crippen LogP contribution in [0.5, 0.6) is 0 Å². The highest BCUT2D eigenvalue weighted by Crippen LogP contribution is 2.31. The van der Waals surface area contributed by atoms with Gasteiger partial charge in [-0.05, 0) is 5.56 Å². The van der Waals surface area contributed by atoms with Crippen LogP contribution in [0.25, 0.3) is 16.2 Å². The Morgan fingerprint density at radius 1 is 1.33 bits per heavy atom. The van der Waals surface area contributed by atoms with Crippen molar-refractivity contribution < 1.29 is 9.90 Å². The summed E-state index contributed by atoms with van der Waals surface area (Å²) in [6.45, 7) is 0. The molecule has 0 unspecified atom stereocenters. The van der Waals surface area contributed by atoms with E-state index in [1.54, 1.807) is 6.20 Å². The van der Waals surface area contributed by atoms with Crippen LogP contribution in [0.4, 0.5) is 0 Å². The van der Waals surface area contributed by atoms with Gasteiger partial charge in [-0.3, -0.25) is 9.20 Å². The molecule has 0 fully saturated rings. The van der Waals surface area contributed by atoms with E-state index < -0.39 is 5.97 Å². The second kappa shape index (κ2) is 4.27. The summed E-state index contributed by atoms with van der Waals surface area (Å²) < 4.78 is 1.94. The van der Waals surface area contributed by atoms with Gasteiger partial charge in [-0.2, -0.15) is 0 Å². The summed E-state index contributed by atoms with van der Waals surface area (Å²) >= 11 is 1.42. The first-order chi connectivity index (χ1) is 8.75. The normalized spacial score (nSPS) is 10.9. The maximum absolute atomic E-state index is 10.9. The molecule has 0 aliphatic heterocycles. The molecule has 2 heterocycles. The quantitative estimate of drug-likeness (QED) is 0.785. The lowest BCUT2D eigenvalue weighted by atomic mass is 10.1. The average Bonchev–Trinajstić information content (AvgIpc) is 2.89. The van der Waals surface area contributed by atoms with Gasteiger partial charge in [-0.15, -0.1) is 11.3 Å². The van der Waals surface area contributed by atoms with Crippen molar-refractivity contribution in [3.63, 3.8) is 0 Å². The molecule has 3 aromatic rings. The lowest BCUT2D eigenvalue weighted by Crippen LogP contribution is -2.00. The van der Waals surface area contributed by atoms with E-state index in [-0.39, 0.29) is 6.42 Å². The Balaban J connectivity index is 2.23. The van der Waals surface area contributed by atoms with Crippen molar-refractivity contribution in [2.24, 2.45) is 0 Å². The highest BCUT2D eigenvalue weighted by Gasteiger charge is 2.16. The van der Waals surface area contributed by atoms with Crippen molar-refractivity contribution in [1.29, 1.82) is 0 Å². The largest absolute Gasteiger partial charge is 0.481 e. The number of fused-ring (bicyclic) bond motifs is 1. The lowest BCUT2D eigenvalue weighted by Gasteiger charge is -2.02. The number of hydrogen-bond acceptors (Lipinski definition) is 3. The molecule has 90 valence electrons. The van der Waals surface area contributed by atoms with E-state index in [2.05, 4.69) is 4.98 Å². The minimum absolute atomic E-state index is 0.0260. The van der Waals surface area contributed by atoms with E-state index in [1.165, 1.54) is 11.3 Å². The molecule has 5 heteroatoms. The van der Waals surface area contributed by atoms with Crippen molar-refractivity contribution in [1.82, 2.24) is 9.38 Å². The Bertz CT molecular complexity index is 700. The van der Waals surface area contributed by atoms with Gasteiger partial charge in [0.2, 0.25) is 0 Å². The Labute approximate surface area is 107 Å². The standard InChI is InChI=1S/C13H10N2O2S/c16-11(17)8-10-12(9-4-2-1-3-5-9)15-7-6-14-13(15)18-10/h1-7H,8H2,(H,16,17). The fraction of sp³-hybridized carbons (Fsp3) is 0.0769. The molecule has 2 aromatic heterocycles. The molecule has 0 atom stereocenters.